The number of carbonyl (C=O) groups excluding carboxylic acids is 1. The van der Waals surface area contributed by atoms with Crippen molar-refractivity contribution < 1.29 is 23.1 Å². The van der Waals surface area contributed by atoms with E-state index in [1.165, 1.54) is 15.3 Å². The zero-order valence-electron chi connectivity index (χ0n) is 14.1. The zero-order chi connectivity index (χ0) is 18.2. The number of amides is 1. The lowest BCUT2D eigenvalue weighted by atomic mass is 10.0. The molecule has 7 nitrogen and oxygen atoms in total. The lowest BCUT2D eigenvalue weighted by molar-refractivity contribution is -0.136. The number of benzene rings is 1. The van der Waals surface area contributed by atoms with E-state index in [1.54, 1.807) is 12.1 Å². The van der Waals surface area contributed by atoms with E-state index < -0.39 is 22.5 Å². The molecule has 8 heteroatoms. The lowest BCUT2D eigenvalue weighted by Crippen LogP contribution is -2.39. The van der Waals surface area contributed by atoms with E-state index in [2.05, 4.69) is 6.92 Å². The second-order valence-electron chi connectivity index (χ2n) is 6.75. The van der Waals surface area contributed by atoms with E-state index in [1.807, 2.05) is 0 Å². The number of hydrogen-bond donors (Lipinski definition) is 1. The second-order valence-corrected chi connectivity index (χ2v) is 8.69. The highest BCUT2D eigenvalue weighted by Crippen LogP contribution is 2.31. The third kappa shape index (κ3) is 3.55. The van der Waals surface area contributed by atoms with E-state index in [-0.39, 0.29) is 17.2 Å². The van der Waals surface area contributed by atoms with Gasteiger partial charge in [-0.15, -0.1) is 0 Å². The fourth-order valence-electron chi connectivity index (χ4n) is 3.38. The Labute approximate surface area is 147 Å². The minimum Gasteiger partial charge on any atom is -0.480 e. The summed E-state index contributed by atoms with van der Waals surface area (Å²) in [5, 5.41) is 8.99. The van der Waals surface area contributed by atoms with Crippen LogP contribution in [-0.2, 0) is 26.0 Å². The van der Waals surface area contributed by atoms with Crippen molar-refractivity contribution in [3.05, 3.63) is 23.8 Å². The number of hydrogen-bond acceptors (Lipinski definition) is 4. The minimum absolute atomic E-state index is 0.186. The Kier molecular flexibility index (Phi) is 4.83. The number of aryl methyl sites for hydroxylation is 1. The third-order valence-electron chi connectivity index (χ3n) is 4.92. The van der Waals surface area contributed by atoms with Crippen LogP contribution in [0.1, 0.15) is 31.7 Å². The molecule has 2 aliphatic heterocycles. The number of carboxylic acids is 1. The van der Waals surface area contributed by atoms with Crippen molar-refractivity contribution >= 4 is 27.6 Å². The van der Waals surface area contributed by atoms with Crippen molar-refractivity contribution in [1.29, 1.82) is 0 Å². The first-order valence-electron chi connectivity index (χ1n) is 8.44. The third-order valence-corrected chi connectivity index (χ3v) is 6.82. The largest absolute Gasteiger partial charge is 0.480 e. The number of sulfonamides is 1. The minimum atomic E-state index is -3.56. The van der Waals surface area contributed by atoms with Crippen molar-refractivity contribution in [3.63, 3.8) is 0 Å². The molecule has 2 aliphatic rings. The normalized spacial score (nSPS) is 19.7. The van der Waals surface area contributed by atoms with Crippen LogP contribution in [0.5, 0.6) is 0 Å². The maximum Gasteiger partial charge on any atom is 0.323 e. The van der Waals surface area contributed by atoms with E-state index in [4.69, 9.17) is 5.11 Å². The van der Waals surface area contributed by atoms with Gasteiger partial charge in [-0.2, -0.15) is 4.31 Å². The maximum absolute atomic E-state index is 12.9. The van der Waals surface area contributed by atoms with Crippen molar-refractivity contribution in [1.82, 2.24) is 4.31 Å². The van der Waals surface area contributed by atoms with E-state index in [0.717, 1.165) is 12.8 Å². The Morgan fingerprint density at radius 3 is 2.56 bits per heavy atom. The zero-order valence-corrected chi connectivity index (χ0v) is 15.0. The summed E-state index contributed by atoms with van der Waals surface area (Å²) in [5.74, 6) is -0.818. The number of anilines is 1. The van der Waals surface area contributed by atoms with Gasteiger partial charge < -0.3 is 10.0 Å². The summed E-state index contributed by atoms with van der Waals surface area (Å²) in [6, 6.07) is 4.61. The molecule has 0 saturated carbocycles. The van der Waals surface area contributed by atoms with Crippen LogP contribution in [0.4, 0.5) is 5.69 Å². The number of nitrogens with zero attached hydrogens (tertiary/aromatic N) is 2. The summed E-state index contributed by atoms with van der Waals surface area (Å²) in [7, 11) is -3.56. The Balaban J connectivity index is 1.90. The molecule has 0 aliphatic carbocycles. The van der Waals surface area contributed by atoms with Gasteiger partial charge in [0.05, 0.1) is 4.90 Å². The van der Waals surface area contributed by atoms with Gasteiger partial charge in [0.1, 0.15) is 6.54 Å². The van der Waals surface area contributed by atoms with Crippen LogP contribution in [0.3, 0.4) is 0 Å². The first kappa shape index (κ1) is 17.9. The van der Waals surface area contributed by atoms with Crippen LogP contribution in [0.15, 0.2) is 23.1 Å². The second kappa shape index (κ2) is 6.76. The number of fused-ring (bicyclic) bond motifs is 1. The molecule has 2 heterocycles. The Morgan fingerprint density at radius 1 is 1.24 bits per heavy atom. The van der Waals surface area contributed by atoms with Gasteiger partial charge in [-0.1, -0.05) is 6.92 Å². The molecule has 0 spiro atoms. The average Bonchev–Trinajstić information content (AvgIpc) is 2.57. The Morgan fingerprint density at radius 2 is 1.92 bits per heavy atom. The Bertz CT molecular complexity index is 797. The summed E-state index contributed by atoms with van der Waals surface area (Å²) in [4.78, 5) is 24.4. The SMILES string of the molecule is CC1CCN(S(=O)(=O)c2ccc3c(c2)CCC(=O)N3CC(=O)O)CC1. The number of rotatable bonds is 4. The molecular weight excluding hydrogens is 344 g/mol. The van der Waals surface area contributed by atoms with Gasteiger partial charge in [0, 0.05) is 25.2 Å². The predicted molar refractivity (Wildman–Crippen MR) is 91.9 cm³/mol. The average molecular weight is 366 g/mol. The van der Waals surface area contributed by atoms with Gasteiger partial charge in [0.2, 0.25) is 15.9 Å². The summed E-state index contributed by atoms with van der Waals surface area (Å²) in [5.41, 5.74) is 1.19. The number of carbonyl (C=O) groups is 2. The molecule has 0 unspecified atom stereocenters. The molecule has 0 atom stereocenters. The molecular formula is C17H22N2O5S. The summed E-state index contributed by atoms with van der Waals surface area (Å²) >= 11 is 0. The number of piperidine rings is 1. The van der Waals surface area contributed by atoms with Gasteiger partial charge >= 0.3 is 5.97 Å². The molecule has 0 bridgehead atoms. The van der Waals surface area contributed by atoms with Gasteiger partial charge in [0.25, 0.3) is 0 Å². The van der Waals surface area contributed by atoms with Crippen LogP contribution in [0.2, 0.25) is 0 Å². The van der Waals surface area contributed by atoms with Crippen LogP contribution >= 0.6 is 0 Å². The van der Waals surface area contributed by atoms with Crippen molar-refractivity contribution in [3.8, 4) is 0 Å². The molecule has 1 aromatic rings. The molecule has 1 fully saturated rings. The standard InChI is InChI=1S/C17H22N2O5S/c1-12-6-8-18(9-7-12)25(23,24)14-3-4-15-13(10-14)2-5-16(20)19(15)11-17(21)22/h3-4,10,12H,2,5-9,11H2,1H3,(H,21,22). The van der Waals surface area contributed by atoms with Crippen LogP contribution < -0.4 is 4.90 Å². The van der Waals surface area contributed by atoms with E-state index in [0.29, 0.717) is 36.7 Å². The van der Waals surface area contributed by atoms with Gasteiger partial charge in [-0.25, -0.2) is 8.42 Å². The molecule has 1 N–H and O–H groups in total. The van der Waals surface area contributed by atoms with Gasteiger partial charge in [-0.05, 0) is 48.9 Å². The first-order chi connectivity index (χ1) is 11.8. The quantitative estimate of drug-likeness (QED) is 0.871. The highest BCUT2D eigenvalue weighted by Gasteiger charge is 2.31. The van der Waals surface area contributed by atoms with Crippen molar-refractivity contribution in [2.24, 2.45) is 5.92 Å². The summed E-state index contributed by atoms with van der Waals surface area (Å²) in [6.07, 6.45) is 2.31. The number of carboxylic acid groups (broad SMARTS) is 1. The van der Waals surface area contributed by atoms with Gasteiger partial charge in [0.15, 0.2) is 0 Å². The van der Waals surface area contributed by atoms with Crippen molar-refractivity contribution in [2.75, 3.05) is 24.5 Å². The molecule has 136 valence electrons. The molecule has 1 amide bonds. The highest BCUT2D eigenvalue weighted by atomic mass is 32.2. The smallest absolute Gasteiger partial charge is 0.323 e. The molecule has 1 saturated heterocycles. The first-order valence-corrected chi connectivity index (χ1v) is 9.88. The molecule has 1 aromatic carbocycles. The van der Waals surface area contributed by atoms with E-state index >= 15 is 0 Å². The van der Waals surface area contributed by atoms with Crippen LogP contribution in [0, 0.1) is 5.92 Å². The molecule has 25 heavy (non-hydrogen) atoms. The highest BCUT2D eigenvalue weighted by molar-refractivity contribution is 7.89. The monoisotopic (exact) mass is 366 g/mol. The fourth-order valence-corrected chi connectivity index (χ4v) is 4.90. The van der Waals surface area contributed by atoms with Crippen LogP contribution in [0.25, 0.3) is 0 Å². The Hall–Kier alpha value is -1.93. The number of aliphatic carboxylic acids is 1. The fraction of sp³-hybridized carbons (Fsp3) is 0.529. The molecule has 0 radical (unpaired) electrons. The van der Waals surface area contributed by atoms with Gasteiger partial charge in [-0.3, -0.25) is 9.59 Å². The van der Waals surface area contributed by atoms with E-state index in [9.17, 15) is 18.0 Å². The van der Waals surface area contributed by atoms with Crippen molar-refractivity contribution in [2.45, 2.75) is 37.5 Å². The van der Waals surface area contributed by atoms with Crippen LogP contribution in [-0.4, -0.2) is 49.3 Å². The maximum atomic E-state index is 12.9. The topological polar surface area (TPSA) is 95.0 Å². The summed E-state index contributed by atoms with van der Waals surface area (Å²) < 4.78 is 27.2. The summed E-state index contributed by atoms with van der Waals surface area (Å²) in [6.45, 7) is 2.74. The molecule has 3 rings (SSSR count). The predicted octanol–water partition coefficient (Wildman–Crippen LogP) is 1.47. The molecule has 0 aromatic heterocycles. The lowest BCUT2D eigenvalue weighted by Gasteiger charge is -2.31.